The van der Waals surface area contributed by atoms with Gasteiger partial charge in [0, 0.05) is 0 Å². The summed E-state index contributed by atoms with van der Waals surface area (Å²) < 4.78 is 12.9. The van der Waals surface area contributed by atoms with Gasteiger partial charge in [-0.05, 0) is 36.5 Å². The van der Waals surface area contributed by atoms with Gasteiger partial charge in [0.2, 0.25) is 0 Å². The highest BCUT2D eigenvalue weighted by atomic mass is 35.5. The average molecular weight is 229 g/mol. The number of halogens is 2. The van der Waals surface area contributed by atoms with Gasteiger partial charge in [-0.15, -0.1) is 0 Å². The molecule has 0 radical (unpaired) electrons. The highest BCUT2D eigenvalue weighted by molar-refractivity contribution is 6.30. The van der Waals surface area contributed by atoms with E-state index in [1.165, 1.54) is 18.9 Å². The summed E-state index contributed by atoms with van der Waals surface area (Å²) in [6.07, 6.45) is 3.58. The van der Waals surface area contributed by atoms with Crippen LogP contribution in [0.25, 0.3) is 0 Å². The summed E-state index contributed by atoms with van der Waals surface area (Å²) in [4.78, 5) is 0. The molecule has 0 amide bonds. The fraction of sp³-hybridized carbons (Fsp3) is 0.500. The van der Waals surface area contributed by atoms with Crippen molar-refractivity contribution in [3.05, 3.63) is 34.6 Å². The fourth-order valence-electron chi connectivity index (χ4n) is 1.76. The Hall–Kier alpha value is -0.600. The molecule has 1 atom stereocenters. The molecule has 1 N–H and O–H groups in total. The molecule has 3 heteroatoms. The molecule has 1 saturated carbocycles. The van der Waals surface area contributed by atoms with Crippen molar-refractivity contribution in [3.63, 3.8) is 0 Å². The molecule has 1 aliphatic rings. The van der Waals surface area contributed by atoms with E-state index in [0.29, 0.717) is 12.3 Å². The van der Waals surface area contributed by atoms with Gasteiger partial charge in [-0.1, -0.05) is 30.5 Å². The zero-order chi connectivity index (χ0) is 10.8. The third kappa shape index (κ3) is 3.18. The van der Waals surface area contributed by atoms with Crippen molar-refractivity contribution < 1.29 is 9.50 Å². The maximum atomic E-state index is 12.9. The number of hydrogen-bond donors (Lipinski definition) is 1. The summed E-state index contributed by atoms with van der Waals surface area (Å²) >= 11 is 5.66. The maximum absolute atomic E-state index is 12.9. The number of benzene rings is 1. The van der Waals surface area contributed by atoms with Crippen LogP contribution in [0, 0.1) is 11.7 Å². The number of hydrogen-bond acceptors (Lipinski definition) is 1. The van der Waals surface area contributed by atoms with E-state index in [2.05, 4.69) is 0 Å². The first-order chi connectivity index (χ1) is 7.15. The van der Waals surface area contributed by atoms with E-state index < -0.39 is 5.82 Å². The highest BCUT2D eigenvalue weighted by Gasteiger charge is 2.24. The molecule has 2 rings (SSSR count). The number of rotatable bonds is 4. The first-order valence-corrected chi connectivity index (χ1v) is 5.65. The van der Waals surface area contributed by atoms with Crippen LogP contribution >= 0.6 is 11.6 Å². The van der Waals surface area contributed by atoms with Gasteiger partial charge >= 0.3 is 0 Å². The van der Waals surface area contributed by atoms with E-state index in [1.54, 1.807) is 12.1 Å². The third-order valence-corrected chi connectivity index (χ3v) is 3.05. The predicted octanol–water partition coefficient (Wildman–Crippen LogP) is 3.18. The van der Waals surface area contributed by atoms with Gasteiger partial charge in [0.1, 0.15) is 5.82 Å². The van der Waals surface area contributed by atoms with E-state index in [9.17, 15) is 9.50 Å². The zero-order valence-electron chi connectivity index (χ0n) is 8.42. The van der Waals surface area contributed by atoms with Crippen LogP contribution in [0.3, 0.4) is 0 Å². The van der Waals surface area contributed by atoms with Gasteiger partial charge in [0.05, 0.1) is 11.1 Å². The van der Waals surface area contributed by atoms with E-state index in [-0.39, 0.29) is 11.1 Å². The Kier molecular flexibility index (Phi) is 3.27. The molecule has 0 spiro atoms. The average Bonchev–Trinajstić information content (AvgIpc) is 2.95. The van der Waals surface area contributed by atoms with Crippen LogP contribution in [0.5, 0.6) is 0 Å². The Bertz CT molecular complexity index is 349. The maximum Gasteiger partial charge on any atom is 0.141 e. The van der Waals surface area contributed by atoms with Crippen LogP contribution in [0.2, 0.25) is 5.02 Å². The molecule has 82 valence electrons. The summed E-state index contributed by atoms with van der Waals surface area (Å²) in [7, 11) is 0. The fourth-order valence-corrected chi connectivity index (χ4v) is 1.96. The highest BCUT2D eigenvalue weighted by Crippen LogP contribution is 2.34. The molecule has 1 fully saturated rings. The van der Waals surface area contributed by atoms with E-state index in [1.807, 2.05) is 0 Å². The minimum absolute atomic E-state index is 0.131. The quantitative estimate of drug-likeness (QED) is 0.839. The van der Waals surface area contributed by atoms with Crippen molar-refractivity contribution in [1.82, 2.24) is 0 Å². The molecule has 1 nitrogen and oxygen atoms in total. The first-order valence-electron chi connectivity index (χ1n) is 5.27. The van der Waals surface area contributed by atoms with Crippen LogP contribution in [0.4, 0.5) is 4.39 Å². The molecule has 0 aliphatic heterocycles. The minimum atomic E-state index is -0.405. The molecule has 1 aliphatic carbocycles. The second-order valence-corrected chi connectivity index (χ2v) is 4.69. The van der Waals surface area contributed by atoms with Crippen molar-refractivity contribution >= 4 is 11.6 Å². The first kappa shape index (κ1) is 10.9. The molecule has 0 bridgehead atoms. The summed E-state index contributed by atoms with van der Waals surface area (Å²) in [6.45, 7) is 0. The summed E-state index contributed by atoms with van der Waals surface area (Å²) in [5.74, 6) is 0.299. The Morgan fingerprint density at radius 1 is 1.47 bits per heavy atom. The van der Waals surface area contributed by atoms with E-state index >= 15 is 0 Å². The topological polar surface area (TPSA) is 20.2 Å². The Morgan fingerprint density at radius 2 is 2.20 bits per heavy atom. The molecule has 1 aromatic rings. The second-order valence-electron chi connectivity index (χ2n) is 4.29. The molecule has 0 heterocycles. The van der Waals surface area contributed by atoms with Gasteiger partial charge in [0.25, 0.3) is 0 Å². The Morgan fingerprint density at radius 3 is 2.80 bits per heavy atom. The third-order valence-electron chi connectivity index (χ3n) is 2.76. The van der Waals surface area contributed by atoms with Gasteiger partial charge in [-0.25, -0.2) is 4.39 Å². The van der Waals surface area contributed by atoms with Crippen LogP contribution in [-0.4, -0.2) is 11.2 Å². The molecule has 0 saturated heterocycles. The molecular formula is C12H14ClFO. The lowest BCUT2D eigenvalue weighted by Crippen LogP contribution is -2.11. The monoisotopic (exact) mass is 228 g/mol. The van der Waals surface area contributed by atoms with Crippen molar-refractivity contribution in [2.75, 3.05) is 0 Å². The normalized spacial score (nSPS) is 17.8. The Labute approximate surface area is 93.9 Å². The van der Waals surface area contributed by atoms with Crippen molar-refractivity contribution in [2.24, 2.45) is 5.92 Å². The van der Waals surface area contributed by atoms with Crippen molar-refractivity contribution in [2.45, 2.75) is 31.8 Å². The summed E-state index contributed by atoms with van der Waals surface area (Å²) in [5.41, 5.74) is 0.898. The molecular weight excluding hydrogens is 215 g/mol. The van der Waals surface area contributed by atoms with E-state index in [4.69, 9.17) is 11.6 Å². The Balaban J connectivity index is 1.93. The van der Waals surface area contributed by atoms with Gasteiger partial charge in [-0.2, -0.15) is 0 Å². The summed E-state index contributed by atoms with van der Waals surface area (Å²) in [6, 6.07) is 4.62. The lowest BCUT2D eigenvalue weighted by atomic mass is 10.0. The van der Waals surface area contributed by atoms with Gasteiger partial charge < -0.3 is 5.11 Å². The lowest BCUT2D eigenvalue weighted by Gasteiger charge is -2.10. The van der Waals surface area contributed by atoms with Crippen molar-refractivity contribution in [1.29, 1.82) is 0 Å². The van der Waals surface area contributed by atoms with Gasteiger partial charge in [-0.3, -0.25) is 0 Å². The van der Waals surface area contributed by atoms with E-state index in [0.717, 1.165) is 12.0 Å². The van der Waals surface area contributed by atoms with Crippen LogP contribution < -0.4 is 0 Å². The lowest BCUT2D eigenvalue weighted by molar-refractivity contribution is 0.158. The minimum Gasteiger partial charge on any atom is -0.393 e. The van der Waals surface area contributed by atoms with Crippen molar-refractivity contribution in [3.8, 4) is 0 Å². The van der Waals surface area contributed by atoms with Crippen LogP contribution in [0.1, 0.15) is 24.8 Å². The predicted molar refractivity (Wildman–Crippen MR) is 58.5 cm³/mol. The standard InChI is InChI=1S/C12H14ClFO/c13-11-7-9(3-4-12(11)14)6-10(15)5-8-1-2-8/h3-4,7-8,10,15H,1-2,5-6H2. The molecule has 1 aromatic carbocycles. The zero-order valence-corrected chi connectivity index (χ0v) is 9.17. The number of aliphatic hydroxyl groups is 1. The summed E-state index contributed by atoms with van der Waals surface area (Å²) in [5, 5.41) is 9.87. The molecule has 0 aromatic heterocycles. The smallest absolute Gasteiger partial charge is 0.141 e. The molecule has 1 unspecified atom stereocenters. The SMILES string of the molecule is OC(Cc1ccc(F)c(Cl)c1)CC1CC1. The van der Waals surface area contributed by atoms with Gasteiger partial charge in [0.15, 0.2) is 0 Å². The van der Waals surface area contributed by atoms with Crippen LogP contribution in [-0.2, 0) is 6.42 Å². The second kappa shape index (κ2) is 4.50. The molecule has 15 heavy (non-hydrogen) atoms. The van der Waals surface area contributed by atoms with Crippen LogP contribution in [0.15, 0.2) is 18.2 Å². The number of aliphatic hydroxyl groups excluding tert-OH is 1. The largest absolute Gasteiger partial charge is 0.393 e.